The predicted octanol–water partition coefficient (Wildman–Crippen LogP) is 1.98. The number of amides is 2. The molecule has 3 rings (SSSR count). The summed E-state index contributed by atoms with van der Waals surface area (Å²) < 4.78 is 5.46. The van der Waals surface area contributed by atoms with Gasteiger partial charge in [-0.25, -0.2) is 0 Å². The Kier molecular flexibility index (Phi) is 5.27. The van der Waals surface area contributed by atoms with Crippen LogP contribution >= 0.6 is 0 Å². The minimum Gasteiger partial charge on any atom is -0.507 e. The van der Waals surface area contributed by atoms with Crippen LogP contribution in [0, 0.1) is 0 Å². The van der Waals surface area contributed by atoms with Crippen molar-refractivity contribution < 1.29 is 19.4 Å². The van der Waals surface area contributed by atoms with Crippen molar-refractivity contribution in [1.82, 2.24) is 9.80 Å². The zero-order chi connectivity index (χ0) is 18.0. The first kappa shape index (κ1) is 17.7. The van der Waals surface area contributed by atoms with Crippen LogP contribution in [0.2, 0.25) is 0 Å². The summed E-state index contributed by atoms with van der Waals surface area (Å²) in [6.07, 6.45) is 1.41. The maximum Gasteiger partial charge on any atom is 0.257 e. The third-order valence-corrected chi connectivity index (χ3v) is 5.00. The van der Waals surface area contributed by atoms with E-state index in [0.29, 0.717) is 38.3 Å². The van der Waals surface area contributed by atoms with Gasteiger partial charge in [-0.1, -0.05) is 19.9 Å². The molecule has 1 N–H and O–H groups in total. The maximum absolute atomic E-state index is 12.8. The molecule has 2 aliphatic heterocycles. The van der Waals surface area contributed by atoms with E-state index in [0.717, 1.165) is 18.4 Å². The normalized spacial score (nSPS) is 21.0. The molecule has 6 nitrogen and oxygen atoms in total. The summed E-state index contributed by atoms with van der Waals surface area (Å²) in [5.41, 5.74) is 1.36. The van der Waals surface area contributed by atoms with E-state index >= 15 is 0 Å². The third kappa shape index (κ3) is 3.79. The molecule has 2 fully saturated rings. The van der Waals surface area contributed by atoms with Crippen LogP contribution in [-0.2, 0) is 9.53 Å². The topological polar surface area (TPSA) is 70.1 Å². The molecule has 2 aliphatic rings. The standard InChI is InChI=1S/C19H26N2O4/c1-13(2)14-5-6-16(22)15(12-14)18(23)20-7-9-21(10-8-20)19(24)17-4-3-11-25-17/h5-6,12-13,17,22H,3-4,7-11H2,1-2H3/t17-/m1/s1. The highest BCUT2D eigenvalue weighted by Gasteiger charge is 2.32. The summed E-state index contributed by atoms with van der Waals surface area (Å²) in [5, 5.41) is 10.1. The summed E-state index contributed by atoms with van der Waals surface area (Å²) in [5.74, 6) is 0.152. The lowest BCUT2D eigenvalue weighted by Crippen LogP contribution is -2.52. The van der Waals surface area contributed by atoms with E-state index in [9.17, 15) is 14.7 Å². The molecule has 1 aromatic carbocycles. The van der Waals surface area contributed by atoms with Crippen LogP contribution < -0.4 is 0 Å². The maximum atomic E-state index is 12.8. The molecule has 1 atom stereocenters. The smallest absolute Gasteiger partial charge is 0.257 e. The predicted molar refractivity (Wildman–Crippen MR) is 93.7 cm³/mol. The fourth-order valence-electron chi connectivity index (χ4n) is 3.36. The van der Waals surface area contributed by atoms with Crippen molar-refractivity contribution in [3.05, 3.63) is 29.3 Å². The molecule has 136 valence electrons. The van der Waals surface area contributed by atoms with E-state index < -0.39 is 0 Å². The Bertz CT molecular complexity index is 645. The van der Waals surface area contributed by atoms with Gasteiger partial charge < -0.3 is 19.6 Å². The summed E-state index contributed by atoms with van der Waals surface area (Å²) in [4.78, 5) is 28.6. The lowest BCUT2D eigenvalue weighted by atomic mass is 9.99. The van der Waals surface area contributed by atoms with Gasteiger partial charge in [0, 0.05) is 32.8 Å². The second-order valence-electron chi connectivity index (χ2n) is 7.05. The lowest BCUT2D eigenvalue weighted by molar-refractivity contribution is -0.142. The molecule has 0 radical (unpaired) electrons. The van der Waals surface area contributed by atoms with Crippen molar-refractivity contribution in [2.24, 2.45) is 0 Å². The monoisotopic (exact) mass is 346 g/mol. The van der Waals surface area contributed by atoms with Crippen molar-refractivity contribution in [2.45, 2.75) is 38.7 Å². The van der Waals surface area contributed by atoms with Gasteiger partial charge in [-0.2, -0.15) is 0 Å². The van der Waals surface area contributed by atoms with Gasteiger partial charge in [-0.05, 0) is 36.5 Å². The van der Waals surface area contributed by atoms with E-state index in [4.69, 9.17) is 4.74 Å². The molecule has 0 saturated carbocycles. The first-order valence-electron chi connectivity index (χ1n) is 9.00. The fourth-order valence-corrected chi connectivity index (χ4v) is 3.36. The molecule has 1 aromatic rings. The van der Waals surface area contributed by atoms with Gasteiger partial charge in [0.2, 0.25) is 0 Å². The van der Waals surface area contributed by atoms with E-state index in [1.165, 1.54) is 0 Å². The molecule has 25 heavy (non-hydrogen) atoms. The number of hydrogen-bond acceptors (Lipinski definition) is 4. The van der Waals surface area contributed by atoms with Crippen LogP contribution in [0.4, 0.5) is 0 Å². The van der Waals surface area contributed by atoms with Gasteiger partial charge >= 0.3 is 0 Å². The van der Waals surface area contributed by atoms with Crippen molar-refractivity contribution in [1.29, 1.82) is 0 Å². The van der Waals surface area contributed by atoms with Crippen molar-refractivity contribution in [3.8, 4) is 5.75 Å². The Labute approximate surface area is 148 Å². The Balaban J connectivity index is 1.63. The molecule has 0 bridgehead atoms. The molecule has 0 spiro atoms. The zero-order valence-electron chi connectivity index (χ0n) is 14.9. The van der Waals surface area contributed by atoms with Crippen LogP contribution in [0.3, 0.4) is 0 Å². The summed E-state index contributed by atoms with van der Waals surface area (Å²) in [6, 6.07) is 5.20. The Morgan fingerprint density at radius 2 is 1.84 bits per heavy atom. The molecular formula is C19H26N2O4. The molecule has 2 heterocycles. The number of piperazine rings is 1. The number of benzene rings is 1. The van der Waals surface area contributed by atoms with Crippen LogP contribution in [0.1, 0.15) is 48.5 Å². The van der Waals surface area contributed by atoms with E-state index in [-0.39, 0.29) is 29.6 Å². The minimum absolute atomic E-state index is 0.00672. The molecule has 2 saturated heterocycles. The average molecular weight is 346 g/mol. The van der Waals surface area contributed by atoms with Gasteiger partial charge in [0.15, 0.2) is 0 Å². The van der Waals surface area contributed by atoms with Crippen molar-refractivity contribution in [2.75, 3.05) is 32.8 Å². The lowest BCUT2D eigenvalue weighted by Gasteiger charge is -2.36. The Morgan fingerprint density at radius 1 is 1.16 bits per heavy atom. The summed E-state index contributed by atoms with van der Waals surface area (Å²) in [6.45, 7) is 6.72. The molecule has 0 unspecified atom stereocenters. The highest BCUT2D eigenvalue weighted by Crippen LogP contribution is 2.25. The fraction of sp³-hybridized carbons (Fsp3) is 0.579. The van der Waals surface area contributed by atoms with Gasteiger partial charge in [-0.3, -0.25) is 9.59 Å². The minimum atomic E-state index is -0.311. The number of rotatable bonds is 3. The molecular weight excluding hydrogens is 320 g/mol. The Morgan fingerprint density at radius 3 is 2.44 bits per heavy atom. The quantitative estimate of drug-likeness (QED) is 0.908. The van der Waals surface area contributed by atoms with E-state index in [1.54, 1.807) is 21.9 Å². The second-order valence-corrected chi connectivity index (χ2v) is 7.05. The molecule has 6 heteroatoms. The van der Waals surface area contributed by atoms with Gasteiger partial charge in [0.05, 0.1) is 5.56 Å². The Hall–Kier alpha value is -2.08. The van der Waals surface area contributed by atoms with Gasteiger partial charge in [-0.15, -0.1) is 0 Å². The highest BCUT2D eigenvalue weighted by atomic mass is 16.5. The first-order chi connectivity index (χ1) is 12.0. The number of nitrogens with zero attached hydrogens (tertiary/aromatic N) is 2. The van der Waals surface area contributed by atoms with Crippen LogP contribution in [-0.4, -0.2) is 65.6 Å². The van der Waals surface area contributed by atoms with Gasteiger partial charge in [0.25, 0.3) is 11.8 Å². The average Bonchev–Trinajstić information content (AvgIpc) is 3.15. The summed E-state index contributed by atoms with van der Waals surface area (Å²) in [7, 11) is 0. The number of hydrogen-bond donors (Lipinski definition) is 1. The zero-order valence-corrected chi connectivity index (χ0v) is 14.9. The number of carbonyl (C=O) groups is 2. The van der Waals surface area contributed by atoms with Gasteiger partial charge in [0.1, 0.15) is 11.9 Å². The third-order valence-electron chi connectivity index (χ3n) is 5.00. The second kappa shape index (κ2) is 7.44. The van der Waals surface area contributed by atoms with E-state index in [2.05, 4.69) is 13.8 Å². The molecule has 0 aliphatic carbocycles. The molecule has 0 aromatic heterocycles. The highest BCUT2D eigenvalue weighted by molar-refractivity contribution is 5.97. The SMILES string of the molecule is CC(C)c1ccc(O)c(C(=O)N2CCN(C(=O)[C@H]3CCCO3)CC2)c1. The largest absolute Gasteiger partial charge is 0.507 e. The number of phenolic OH excluding ortho intramolecular Hbond substituents is 1. The number of ether oxygens (including phenoxy) is 1. The molecule has 2 amide bonds. The number of phenols is 1. The van der Waals surface area contributed by atoms with Crippen LogP contribution in [0.25, 0.3) is 0 Å². The van der Waals surface area contributed by atoms with Crippen molar-refractivity contribution in [3.63, 3.8) is 0 Å². The van der Waals surface area contributed by atoms with Crippen LogP contribution in [0.5, 0.6) is 5.75 Å². The first-order valence-corrected chi connectivity index (χ1v) is 9.00. The number of aromatic hydroxyl groups is 1. The van der Waals surface area contributed by atoms with Crippen LogP contribution in [0.15, 0.2) is 18.2 Å². The summed E-state index contributed by atoms with van der Waals surface area (Å²) >= 11 is 0. The van der Waals surface area contributed by atoms with Crippen molar-refractivity contribution >= 4 is 11.8 Å². The van der Waals surface area contributed by atoms with E-state index in [1.807, 2.05) is 6.07 Å². The number of carbonyl (C=O) groups excluding carboxylic acids is 2.